The summed E-state index contributed by atoms with van der Waals surface area (Å²) in [4.78, 5) is 0. The zero-order valence-electron chi connectivity index (χ0n) is 8.00. The summed E-state index contributed by atoms with van der Waals surface area (Å²) in [5.41, 5.74) is 0.638. The molecule has 0 aliphatic carbocycles. The fraction of sp³-hybridized carbons (Fsp3) is 0.455. The van der Waals surface area contributed by atoms with Crippen LogP contribution in [0.5, 0.6) is 5.75 Å². The lowest BCUT2D eigenvalue weighted by molar-refractivity contribution is 0.218. The molecule has 0 aromatic heterocycles. The molecule has 2 nitrogen and oxygen atoms in total. The molecule has 14 heavy (non-hydrogen) atoms. The highest BCUT2D eigenvalue weighted by atomic mass is 19.1. The lowest BCUT2D eigenvalue weighted by Crippen LogP contribution is -2.20. The first-order valence-electron chi connectivity index (χ1n) is 4.91. The average molecular weight is 195 g/mol. The van der Waals surface area contributed by atoms with Gasteiger partial charge in [-0.3, -0.25) is 0 Å². The van der Waals surface area contributed by atoms with E-state index in [0.717, 1.165) is 19.5 Å². The highest BCUT2D eigenvalue weighted by molar-refractivity contribution is 5.32. The van der Waals surface area contributed by atoms with Gasteiger partial charge in [0.25, 0.3) is 0 Å². The van der Waals surface area contributed by atoms with Crippen LogP contribution in [0.15, 0.2) is 24.3 Å². The second kappa shape index (κ2) is 4.42. The highest BCUT2D eigenvalue weighted by Crippen LogP contribution is 2.21. The maximum absolute atomic E-state index is 12.6. The summed E-state index contributed by atoms with van der Waals surface area (Å²) < 4.78 is 18.3. The SMILES string of the molecule is FCc1ccccc1OC1CCNC1. The molecule has 1 N–H and O–H groups in total. The molecule has 2 rings (SSSR count). The van der Waals surface area contributed by atoms with Crippen LogP contribution in [-0.4, -0.2) is 19.2 Å². The van der Waals surface area contributed by atoms with Crippen molar-refractivity contribution in [3.8, 4) is 5.75 Å². The van der Waals surface area contributed by atoms with Gasteiger partial charge in [-0.25, -0.2) is 4.39 Å². The largest absolute Gasteiger partial charge is 0.489 e. The monoisotopic (exact) mass is 195 g/mol. The fourth-order valence-electron chi connectivity index (χ4n) is 1.64. The first-order chi connectivity index (χ1) is 6.90. The molecule has 1 aromatic carbocycles. The van der Waals surface area contributed by atoms with E-state index < -0.39 is 6.67 Å². The Balaban J connectivity index is 2.07. The van der Waals surface area contributed by atoms with Gasteiger partial charge in [-0.05, 0) is 19.0 Å². The molecule has 0 bridgehead atoms. The van der Waals surface area contributed by atoms with Crippen molar-refractivity contribution < 1.29 is 9.13 Å². The topological polar surface area (TPSA) is 21.3 Å². The molecule has 0 amide bonds. The smallest absolute Gasteiger partial charge is 0.125 e. The van der Waals surface area contributed by atoms with Crippen LogP contribution < -0.4 is 10.1 Å². The first-order valence-corrected chi connectivity index (χ1v) is 4.91. The third kappa shape index (κ3) is 2.04. The molecule has 76 valence electrons. The molecule has 1 aliphatic heterocycles. The minimum atomic E-state index is -0.462. The maximum Gasteiger partial charge on any atom is 0.125 e. The van der Waals surface area contributed by atoms with Crippen molar-refractivity contribution in [3.05, 3.63) is 29.8 Å². The Morgan fingerprint density at radius 2 is 2.29 bits per heavy atom. The number of para-hydroxylation sites is 1. The predicted octanol–water partition coefficient (Wildman–Crippen LogP) is 1.90. The van der Waals surface area contributed by atoms with Crippen molar-refractivity contribution in [1.82, 2.24) is 5.32 Å². The van der Waals surface area contributed by atoms with Gasteiger partial charge in [0.1, 0.15) is 18.5 Å². The maximum atomic E-state index is 12.6. The summed E-state index contributed by atoms with van der Waals surface area (Å²) in [6.45, 7) is 1.39. The number of benzene rings is 1. The summed E-state index contributed by atoms with van der Waals surface area (Å²) in [6.07, 6.45) is 1.20. The van der Waals surface area contributed by atoms with Crippen LogP contribution in [-0.2, 0) is 6.67 Å². The standard InChI is InChI=1S/C11H14FNO/c12-7-9-3-1-2-4-11(9)14-10-5-6-13-8-10/h1-4,10,13H,5-8H2. The zero-order chi connectivity index (χ0) is 9.80. The third-order valence-electron chi connectivity index (χ3n) is 2.43. The lowest BCUT2D eigenvalue weighted by atomic mass is 10.2. The molecule has 1 aliphatic rings. The van der Waals surface area contributed by atoms with Crippen LogP contribution in [0.4, 0.5) is 4.39 Å². The molecule has 1 heterocycles. The Bertz CT molecular complexity index is 297. The molecule has 1 fully saturated rings. The molecule has 1 saturated heterocycles. The number of alkyl halides is 1. The van der Waals surface area contributed by atoms with E-state index in [0.29, 0.717) is 11.3 Å². The van der Waals surface area contributed by atoms with E-state index in [2.05, 4.69) is 5.32 Å². The van der Waals surface area contributed by atoms with E-state index in [1.807, 2.05) is 18.2 Å². The van der Waals surface area contributed by atoms with Crippen molar-refractivity contribution >= 4 is 0 Å². The van der Waals surface area contributed by atoms with Crippen LogP contribution in [0.3, 0.4) is 0 Å². The quantitative estimate of drug-likeness (QED) is 0.795. The van der Waals surface area contributed by atoms with Crippen molar-refractivity contribution in [1.29, 1.82) is 0 Å². The van der Waals surface area contributed by atoms with E-state index in [-0.39, 0.29) is 6.10 Å². The van der Waals surface area contributed by atoms with E-state index >= 15 is 0 Å². The van der Waals surface area contributed by atoms with Gasteiger partial charge in [-0.2, -0.15) is 0 Å². The summed E-state index contributed by atoms with van der Waals surface area (Å²) in [7, 11) is 0. The van der Waals surface area contributed by atoms with Crippen LogP contribution in [0.1, 0.15) is 12.0 Å². The van der Waals surface area contributed by atoms with Crippen molar-refractivity contribution in [2.75, 3.05) is 13.1 Å². The molecule has 1 unspecified atom stereocenters. The van der Waals surface area contributed by atoms with Gasteiger partial charge in [0.15, 0.2) is 0 Å². The van der Waals surface area contributed by atoms with Crippen molar-refractivity contribution in [2.24, 2.45) is 0 Å². The molecule has 0 spiro atoms. The lowest BCUT2D eigenvalue weighted by Gasteiger charge is -2.14. The third-order valence-corrected chi connectivity index (χ3v) is 2.43. The minimum Gasteiger partial charge on any atom is -0.489 e. The molecule has 3 heteroatoms. The van der Waals surface area contributed by atoms with Crippen LogP contribution in [0, 0.1) is 0 Å². The molecular weight excluding hydrogens is 181 g/mol. The van der Waals surface area contributed by atoms with Gasteiger partial charge < -0.3 is 10.1 Å². The number of ether oxygens (including phenoxy) is 1. The van der Waals surface area contributed by atoms with Crippen molar-refractivity contribution in [3.63, 3.8) is 0 Å². The Morgan fingerprint density at radius 3 is 3.00 bits per heavy atom. The summed E-state index contributed by atoms with van der Waals surface area (Å²) in [5, 5.41) is 3.21. The summed E-state index contributed by atoms with van der Waals surface area (Å²) in [6, 6.07) is 7.29. The van der Waals surface area contributed by atoms with E-state index in [1.54, 1.807) is 6.07 Å². The number of rotatable bonds is 3. The Labute approximate surface area is 83.1 Å². The zero-order valence-corrected chi connectivity index (χ0v) is 8.00. The molecule has 1 atom stereocenters. The number of halogens is 1. The van der Waals surface area contributed by atoms with Gasteiger partial charge in [-0.1, -0.05) is 18.2 Å². The van der Waals surface area contributed by atoms with Gasteiger partial charge in [0, 0.05) is 12.1 Å². The second-order valence-corrected chi connectivity index (χ2v) is 3.47. The average Bonchev–Trinajstić information content (AvgIpc) is 2.71. The van der Waals surface area contributed by atoms with Gasteiger partial charge in [0.05, 0.1) is 0 Å². The Hall–Kier alpha value is -1.09. The number of nitrogens with one attached hydrogen (secondary N) is 1. The Kier molecular flexibility index (Phi) is 2.99. The van der Waals surface area contributed by atoms with E-state index in [1.165, 1.54) is 0 Å². The second-order valence-electron chi connectivity index (χ2n) is 3.47. The molecule has 1 aromatic rings. The first kappa shape index (κ1) is 9.46. The minimum absolute atomic E-state index is 0.197. The van der Waals surface area contributed by atoms with Gasteiger partial charge >= 0.3 is 0 Å². The van der Waals surface area contributed by atoms with Gasteiger partial charge in [0.2, 0.25) is 0 Å². The number of hydrogen-bond donors (Lipinski definition) is 1. The van der Waals surface area contributed by atoms with E-state index in [9.17, 15) is 4.39 Å². The molecule has 0 radical (unpaired) electrons. The molecular formula is C11H14FNO. The normalized spacial score (nSPS) is 21.1. The molecule has 0 saturated carbocycles. The van der Waals surface area contributed by atoms with Crippen LogP contribution in [0.25, 0.3) is 0 Å². The van der Waals surface area contributed by atoms with E-state index in [4.69, 9.17) is 4.74 Å². The Morgan fingerprint density at radius 1 is 1.43 bits per heavy atom. The van der Waals surface area contributed by atoms with Crippen LogP contribution in [0.2, 0.25) is 0 Å². The van der Waals surface area contributed by atoms with Crippen molar-refractivity contribution in [2.45, 2.75) is 19.2 Å². The predicted molar refractivity (Wildman–Crippen MR) is 53.2 cm³/mol. The summed E-state index contributed by atoms with van der Waals surface area (Å²) >= 11 is 0. The highest BCUT2D eigenvalue weighted by Gasteiger charge is 2.16. The van der Waals surface area contributed by atoms with Crippen LogP contribution >= 0.6 is 0 Å². The fourth-order valence-corrected chi connectivity index (χ4v) is 1.64. The summed E-state index contributed by atoms with van der Waals surface area (Å²) in [5.74, 6) is 0.684. The van der Waals surface area contributed by atoms with Gasteiger partial charge in [-0.15, -0.1) is 0 Å². The number of hydrogen-bond acceptors (Lipinski definition) is 2.